The molecule has 2 aliphatic heterocycles. The quantitative estimate of drug-likeness (QED) is 0.485. The molecule has 9 nitrogen and oxygen atoms in total. The molecule has 0 radical (unpaired) electrons. The third-order valence-corrected chi connectivity index (χ3v) is 6.80. The van der Waals surface area contributed by atoms with Crippen LogP contribution in [-0.4, -0.2) is 69.6 Å². The Morgan fingerprint density at radius 3 is 2.74 bits per heavy atom. The molecular weight excluding hydrogens is 432 g/mol. The van der Waals surface area contributed by atoms with Crippen LogP contribution in [0, 0.1) is 0 Å². The van der Waals surface area contributed by atoms with Crippen molar-refractivity contribution in [1.82, 2.24) is 25.5 Å². The van der Waals surface area contributed by atoms with E-state index < -0.39 is 6.10 Å². The van der Waals surface area contributed by atoms with Gasteiger partial charge in [-0.15, -0.1) is 0 Å². The maximum Gasteiger partial charge on any atom is 0.270 e. The number of nitrogens with zero attached hydrogens (tertiary/aromatic N) is 3. The first-order valence-corrected chi connectivity index (χ1v) is 12.1. The van der Waals surface area contributed by atoms with Crippen LogP contribution in [0.25, 0.3) is 0 Å². The number of nitrogens with one attached hydrogen (secondary N) is 3. The van der Waals surface area contributed by atoms with Crippen molar-refractivity contribution in [3.63, 3.8) is 0 Å². The van der Waals surface area contributed by atoms with E-state index in [-0.39, 0.29) is 36.1 Å². The molecule has 9 heteroatoms. The molecular formula is C25H34N6O3. The maximum absolute atomic E-state index is 12.7. The van der Waals surface area contributed by atoms with Crippen LogP contribution in [0.15, 0.2) is 30.6 Å². The van der Waals surface area contributed by atoms with Gasteiger partial charge in [0.15, 0.2) is 0 Å². The highest BCUT2D eigenvalue weighted by Gasteiger charge is 2.25. The smallest absolute Gasteiger partial charge is 0.270 e. The lowest BCUT2D eigenvalue weighted by Crippen LogP contribution is -2.49. The molecule has 34 heavy (non-hydrogen) atoms. The highest BCUT2D eigenvalue weighted by Crippen LogP contribution is 2.20. The number of anilines is 1. The van der Waals surface area contributed by atoms with Crippen molar-refractivity contribution in [2.75, 3.05) is 25.0 Å². The summed E-state index contributed by atoms with van der Waals surface area (Å²) in [5.41, 5.74) is 4.08. The zero-order chi connectivity index (χ0) is 24.1. The van der Waals surface area contributed by atoms with Gasteiger partial charge in [-0.3, -0.25) is 9.59 Å². The van der Waals surface area contributed by atoms with Crippen LogP contribution in [-0.2, 0) is 24.2 Å². The minimum Gasteiger partial charge on any atom is -0.390 e. The number of benzene rings is 1. The van der Waals surface area contributed by atoms with E-state index in [0.29, 0.717) is 25.5 Å². The Morgan fingerprint density at radius 2 is 2.00 bits per heavy atom. The zero-order valence-electron chi connectivity index (χ0n) is 19.9. The molecule has 1 aromatic carbocycles. The van der Waals surface area contributed by atoms with Crippen molar-refractivity contribution in [3.8, 4) is 0 Å². The van der Waals surface area contributed by atoms with Gasteiger partial charge >= 0.3 is 0 Å². The first-order valence-electron chi connectivity index (χ1n) is 12.1. The van der Waals surface area contributed by atoms with Crippen LogP contribution < -0.4 is 16.0 Å². The fraction of sp³-hybridized carbons (Fsp3) is 0.520. The van der Waals surface area contributed by atoms with Crippen LogP contribution in [0.3, 0.4) is 0 Å². The second kappa shape index (κ2) is 10.9. The number of carbonyl (C=O) groups is 2. The highest BCUT2D eigenvalue weighted by atomic mass is 16.3. The van der Waals surface area contributed by atoms with Gasteiger partial charge < -0.3 is 26.0 Å². The first kappa shape index (κ1) is 24.1. The minimum absolute atomic E-state index is 0.0971. The largest absolute Gasteiger partial charge is 0.390 e. The van der Waals surface area contributed by atoms with Gasteiger partial charge in [0.1, 0.15) is 17.8 Å². The number of amides is 2. The number of carbonyl (C=O) groups excluding carboxylic acids is 2. The topological polar surface area (TPSA) is 119 Å². The Morgan fingerprint density at radius 1 is 1.21 bits per heavy atom. The summed E-state index contributed by atoms with van der Waals surface area (Å²) in [6, 6.07) is 8.20. The third kappa shape index (κ3) is 5.90. The number of rotatable bonds is 7. The number of fused-ring (bicyclic) bond motifs is 1. The Bertz CT molecular complexity index is 1020. The molecule has 1 aromatic heterocycles. The lowest BCUT2D eigenvalue weighted by atomic mass is 9.91. The normalized spacial score (nSPS) is 19.3. The number of aromatic nitrogens is 2. The van der Waals surface area contributed by atoms with Gasteiger partial charge in [-0.1, -0.05) is 25.1 Å². The van der Waals surface area contributed by atoms with Crippen LogP contribution in [0.4, 0.5) is 5.82 Å². The second-order valence-corrected chi connectivity index (χ2v) is 9.14. The van der Waals surface area contributed by atoms with E-state index in [1.165, 1.54) is 23.0 Å². The fourth-order valence-electron chi connectivity index (χ4n) is 4.62. The van der Waals surface area contributed by atoms with Crippen LogP contribution in [0.2, 0.25) is 0 Å². The summed E-state index contributed by atoms with van der Waals surface area (Å²) in [6.07, 6.45) is 4.03. The highest BCUT2D eigenvalue weighted by molar-refractivity contribution is 5.92. The van der Waals surface area contributed by atoms with Gasteiger partial charge in [-0.2, -0.15) is 0 Å². The van der Waals surface area contributed by atoms with Crippen molar-refractivity contribution in [2.24, 2.45) is 0 Å². The van der Waals surface area contributed by atoms with Crippen LogP contribution in [0.5, 0.6) is 0 Å². The Balaban J connectivity index is 1.27. The first-order chi connectivity index (χ1) is 16.4. The maximum atomic E-state index is 12.7. The predicted molar refractivity (Wildman–Crippen MR) is 129 cm³/mol. The number of aliphatic hydroxyl groups is 1. The second-order valence-electron chi connectivity index (χ2n) is 9.14. The summed E-state index contributed by atoms with van der Waals surface area (Å²) in [4.78, 5) is 34.3. The average molecular weight is 467 g/mol. The minimum atomic E-state index is -0.714. The zero-order valence-corrected chi connectivity index (χ0v) is 19.9. The molecule has 2 amide bonds. The lowest BCUT2D eigenvalue weighted by Gasteiger charge is -2.32. The van der Waals surface area contributed by atoms with Gasteiger partial charge in [0, 0.05) is 51.3 Å². The van der Waals surface area contributed by atoms with Crippen LogP contribution in [0.1, 0.15) is 53.9 Å². The summed E-state index contributed by atoms with van der Waals surface area (Å²) in [5, 5.41) is 20.2. The van der Waals surface area contributed by atoms with Gasteiger partial charge in [0.25, 0.3) is 5.91 Å². The Hall–Kier alpha value is -3.04. The molecule has 0 spiro atoms. The average Bonchev–Trinajstić information content (AvgIpc) is 2.86. The fourth-order valence-corrected chi connectivity index (χ4v) is 4.62. The summed E-state index contributed by atoms with van der Waals surface area (Å²) < 4.78 is 0. The van der Waals surface area contributed by atoms with Crippen molar-refractivity contribution < 1.29 is 14.7 Å². The van der Waals surface area contributed by atoms with E-state index in [1.807, 2.05) is 4.90 Å². The predicted octanol–water partition coefficient (Wildman–Crippen LogP) is 1.27. The van der Waals surface area contributed by atoms with Gasteiger partial charge in [-0.05, 0) is 42.4 Å². The van der Waals surface area contributed by atoms with Crippen molar-refractivity contribution >= 4 is 17.6 Å². The molecule has 4 rings (SSSR count). The molecule has 0 saturated carbocycles. The molecule has 0 unspecified atom stereocenters. The number of hydrogen-bond acceptors (Lipinski definition) is 7. The summed E-state index contributed by atoms with van der Waals surface area (Å²) in [7, 11) is 0. The number of aliphatic hydroxyl groups excluding tert-OH is 1. The lowest BCUT2D eigenvalue weighted by molar-refractivity contribution is -0.129. The number of hydrogen-bond donors (Lipinski definition) is 4. The van der Waals surface area contributed by atoms with Crippen molar-refractivity contribution in [2.45, 2.75) is 64.3 Å². The molecule has 1 saturated heterocycles. The SMILES string of the molecule is CCc1ccc2c(c1)CN[C@H]([C@H](O)CNC(=O)c1cc(NC3CCN(C(C)=O)CC3)ncn1)C2. The molecule has 182 valence electrons. The molecule has 0 aliphatic carbocycles. The monoisotopic (exact) mass is 466 g/mol. The van der Waals surface area contributed by atoms with Crippen molar-refractivity contribution in [1.29, 1.82) is 0 Å². The number of likely N-dealkylation sites (tertiary alicyclic amines) is 1. The van der Waals surface area contributed by atoms with Gasteiger partial charge in [0.05, 0.1) is 6.10 Å². The van der Waals surface area contributed by atoms with E-state index in [1.54, 1.807) is 13.0 Å². The van der Waals surface area contributed by atoms with Gasteiger partial charge in [0.2, 0.25) is 5.91 Å². The molecule has 1 fully saturated rings. The number of piperidine rings is 1. The molecule has 2 atom stereocenters. The summed E-state index contributed by atoms with van der Waals surface area (Å²) >= 11 is 0. The molecule has 3 heterocycles. The molecule has 2 aromatic rings. The Kier molecular flexibility index (Phi) is 7.74. The van der Waals surface area contributed by atoms with Crippen molar-refractivity contribution in [3.05, 3.63) is 53.0 Å². The molecule has 4 N–H and O–H groups in total. The molecule has 2 aliphatic rings. The number of aryl methyl sites for hydroxylation is 1. The van der Waals surface area contributed by atoms with E-state index in [0.717, 1.165) is 25.7 Å². The standard InChI is InChI=1S/C25H34N6O3/c1-3-17-4-5-18-11-21(26-13-19(18)10-17)23(33)14-27-25(34)22-12-24(29-15-28-22)30-20-6-8-31(9-7-20)16(2)32/h4-5,10,12,15,20-21,23,26,33H,3,6-9,11,13-14H2,1-2H3,(H,27,34)(H,28,29,30)/t21-,23+/m0/s1. The van der Waals surface area contributed by atoms with Gasteiger partial charge in [-0.25, -0.2) is 9.97 Å². The summed E-state index contributed by atoms with van der Waals surface area (Å²) in [6.45, 7) is 6.00. The van der Waals surface area contributed by atoms with Crippen LogP contribution >= 0.6 is 0 Å². The van der Waals surface area contributed by atoms with E-state index in [4.69, 9.17) is 0 Å². The summed E-state index contributed by atoms with van der Waals surface area (Å²) in [5.74, 6) is 0.332. The van der Waals surface area contributed by atoms with E-state index in [9.17, 15) is 14.7 Å². The molecule has 0 bridgehead atoms. The van der Waals surface area contributed by atoms with E-state index in [2.05, 4.69) is 51.0 Å². The third-order valence-electron chi connectivity index (χ3n) is 6.80. The van der Waals surface area contributed by atoms with E-state index >= 15 is 0 Å². The Labute approximate surface area is 200 Å².